The average Bonchev–Trinajstić information content (AvgIpc) is 2.40. The highest BCUT2D eigenvalue weighted by atomic mass is 16.5. The first-order valence-corrected chi connectivity index (χ1v) is 6.89. The molecule has 108 valence electrons. The van der Waals surface area contributed by atoms with Crippen LogP contribution < -0.4 is 0 Å². The number of hydrogen-bond acceptors (Lipinski definition) is 4. The van der Waals surface area contributed by atoms with Crippen molar-refractivity contribution in [3.8, 4) is 6.07 Å². The highest BCUT2D eigenvalue weighted by molar-refractivity contribution is 5.86. The van der Waals surface area contributed by atoms with E-state index in [1.807, 2.05) is 6.07 Å². The Bertz CT molecular complexity index is 307. The van der Waals surface area contributed by atoms with Gasteiger partial charge >= 0.3 is 5.97 Å². The molecule has 0 saturated carbocycles. The molecule has 1 unspecified atom stereocenters. The smallest absolute Gasteiger partial charge is 0.333 e. The Morgan fingerprint density at radius 3 is 2.68 bits per heavy atom. The molecule has 0 aromatic rings. The molecule has 0 aliphatic rings. The monoisotopic (exact) mass is 267 g/mol. The van der Waals surface area contributed by atoms with Gasteiger partial charge in [0.25, 0.3) is 0 Å². The summed E-state index contributed by atoms with van der Waals surface area (Å²) in [6, 6.07) is 2.04. The van der Waals surface area contributed by atoms with Crippen LogP contribution in [0, 0.1) is 17.2 Å². The van der Waals surface area contributed by atoms with E-state index in [0.717, 1.165) is 25.7 Å². The molecule has 0 rings (SSSR count). The molecule has 0 amide bonds. The van der Waals surface area contributed by atoms with E-state index in [9.17, 15) is 4.79 Å². The molecular formula is C15H25NO3. The summed E-state index contributed by atoms with van der Waals surface area (Å²) in [7, 11) is 0. The van der Waals surface area contributed by atoms with Crippen molar-refractivity contribution in [3.63, 3.8) is 0 Å². The van der Waals surface area contributed by atoms with Crippen molar-refractivity contribution in [3.05, 3.63) is 12.2 Å². The molecule has 0 aromatic heterocycles. The molecular weight excluding hydrogens is 242 g/mol. The van der Waals surface area contributed by atoms with Crippen LogP contribution in [0.1, 0.15) is 46.0 Å². The fourth-order valence-corrected chi connectivity index (χ4v) is 1.58. The number of carbonyl (C=O) groups excluding carboxylic acids is 1. The van der Waals surface area contributed by atoms with Crippen molar-refractivity contribution < 1.29 is 14.3 Å². The van der Waals surface area contributed by atoms with Gasteiger partial charge in [0.1, 0.15) is 0 Å². The lowest BCUT2D eigenvalue weighted by molar-refractivity contribution is -0.140. The molecule has 0 fully saturated rings. The van der Waals surface area contributed by atoms with Crippen LogP contribution >= 0.6 is 0 Å². The minimum Gasteiger partial charge on any atom is -0.462 e. The molecule has 4 heteroatoms. The molecule has 0 spiro atoms. The van der Waals surface area contributed by atoms with Gasteiger partial charge in [-0.25, -0.2) is 4.79 Å². The van der Waals surface area contributed by atoms with Gasteiger partial charge in [0.05, 0.1) is 25.7 Å². The molecule has 0 bridgehead atoms. The molecule has 19 heavy (non-hydrogen) atoms. The zero-order valence-corrected chi connectivity index (χ0v) is 12.1. The number of unbranched alkanes of at least 4 members (excludes halogenated alkanes) is 1. The van der Waals surface area contributed by atoms with Gasteiger partial charge in [-0.1, -0.05) is 26.3 Å². The van der Waals surface area contributed by atoms with E-state index in [4.69, 9.17) is 14.7 Å². The second kappa shape index (κ2) is 11.7. The van der Waals surface area contributed by atoms with E-state index in [1.54, 1.807) is 6.92 Å². The minimum atomic E-state index is -0.307. The van der Waals surface area contributed by atoms with Gasteiger partial charge in [-0.05, 0) is 25.7 Å². The van der Waals surface area contributed by atoms with Crippen molar-refractivity contribution in [2.75, 3.05) is 19.8 Å². The Morgan fingerprint density at radius 2 is 2.11 bits per heavy atom. The van der Waals surface area contributed by atoms with Gasteiger partial charge in [-0.2, -0.15) is 5.26 Å². The third-order valence-electron chi connectivity index (χ3n) is 2.89. The van der Waals surface area contributed by atoms with E-state index in [1.165, 1.54) is 0 Å². The van der Waals surface area contributed by atoms with Crippen molar-refractivity contribution in [1.29, 1.82) is 5.26 Å². The number of rotatable bonds is 11. The van der Waals surface area contributed by atoms with E-state index >= 15 is 0 Å². The molecule has 0 N–H and O–H groups in total. The maximum Gasteiger partial charge on any atom is 0.333 e. The highest BCUT2D eigenvalue weighted by Gasteiger charge is 2.10. The zero-order chi connectivity index (χ0) is 14.5. The Hall–Kier alpha value is -1.34. The van der Waals surface area contributed by atoms with Crippen LogP contribution in [0.5, 0.6) is 0 Å². The molecule has 0 aromatic carbocycles. The first kappa shape index (κ1) is 17.7. The number of ether oxygens (including phenoxy) is 2. The van der Waals surface area contributed by atoms with Crippen molar-refractivity contribution >= 4 is 5.97 Å². The molecule has 0 heterocycles. The second-order valence-corrected chi connectivity index (χ2v) is 4.67. The van der Waals surface area contributed by atoms with Crippen LogP contribution in [-0.4, -0.2) is 25.8 Å². The summed E-state index contributed by atoms with van der Waals surface area (Å²) in [6.07, 6.45) is 4.51. The van der Waals surface area contributed by atoms with Crippen molar-refractivity contribution in [1.82, 2.24) is 0 Å². The summed E-state index contributed by atoms with van der Waals surface area (Å²) in [5.41, 5.74) is 0.445. The van der Waals surface area contributed by atoms with Gasteiger partial charge in [-0.3, -0.25) is 0 Å². The summed E-state index contributed by atoms with van der Waals surface area (Å²) >= 11 is 0. The van der Waals surface area contributed by atoms with E-state index in [0.29, 0.717) is 37.7 Å². The van der Waals surface area contributed by atoms with Crippen LogP contribution in [0.25, 0.3) is 0 Å². The maximum absolute atomic E-state index is 11.3. The fraction of sp³-hybridized carbons (Fsp3) is 0.733. The third-order valence-corrected chi connectivity index (χ3v) is 2.89. The molecule has 4 nitrogen and oxygen atoms in total. The lowest BCUT2D eigenvalue weighted by Gasteiger charge is -2.15. The van der Waals surface area contributed by atoms with Crippen LogP contribution in [0.3, 0.4) is 0 Å². The average molecular weight is 267 g/mol. The lowest BCUT2D eigenvalue weighted by atomic mass is 10.0. The predicted octanol–water partition coefficient (Wildman–Crippen LogP) is 3.23. The Kier molecular flexibility index (Phi) is 10.9. The van der Waals surface area contributed by atoms with Gasteiger partial charge in [0.15, 0.2) is 0 Å². The van der Waals surface area contributed by atoms with Gasteiger partial charge in [0, 0.05) is 12.2 Å². The summed E-state index contributed by atoms with van der Waals surface area (Å²) in [6.45, 7) is 9.00. The van der Waals surface area contributed by atoms with Gasteiger partial charge < -0.3 is 9.47 Å². The van der Waals surface area contributed by atoms with Crippen molar-refractivity contribution in [2.24, 2.45) is 5.92 Å². The number of nitrogens with zero attached hydrogens (tertiary/aromatic N) is 1. The minimum absolute atomic E-state index is 0.307. The topological polar surface area (TPSA) is 59.3 Å². The molecule has 0 saturated heterocycles. The first-order chi connectivity index (χ1) is 9.11. The zero-order valence-electron chi connectivity index (χ0n) is 12.1. The van der Waals surface area contributed by atoms with E-state index in [2.05, 4.69) is 13.5 Å². The molecule has 0 aliphatic carbocycles. The lowest BCUT2D eigenvalue weighted by Crippen LogP contribution is -2.14. The largest absolute Gasteiger partial charge is 0.462 e. The number of esters is 1. The standard InChI is InChI=1S/C15H25NO3/c1-4-14(12-19-15(17)13(2)3)8-5-6-10-18-11-7-9-16/h14H,2,4-8,10-12H2,1,3H3. The van der Waals surface area contributed by atoms with Crippen LogP contribution in [0.2, 0.25) is 0 Å². The normalized spacial score (nSPS) is 11.6. The first-order valence-electron chi connectivity index (χ1n) is 6.89. The Balaban J connectivity index is 3.57. The molecule has 0 radical (unpaired) electrons. The maximum atomic E-state index is 11.3. The van der Waals surface area contributed by atoms with E-state index < -0.39 is 0 Å². The Morgan fingerprint density at radius 1 is 1.37 bits per heavy atom. The van der Waals surface area contributed by atoms with Crippen molar-refractivity contribution in [2.45, 2.75) is 46.0 Å². The second-order valence-electron chi connectivity index (χ2n) is 4.67. The van der Waals surface area contributed by atoms with Gasteiger partial charge in [-0.15, -0.1) is 0 Å². The molecule has 0 aliphatic heterocycles. The predicted molar refractivity (Wildman–Crippen MR) is 74.5 cm³/mol. The van der Waals surface area contributed by atoms with Crippen LogP contribution in [0.4, 0.5) is 0 Å². The third kappa shape index (κ3) is 10.3. The summed E-state index contributed by atoms with van der Waals surface area (Å²) < 4.78 is 10.5. The number of hydrogen-bond donors (Lipinski definition) is 0. The van der Waals surface area contributed by atoms with Crippen LogP contribution in [-0.2, 0) is 14.3 Å². The quantitative estimate of drug-likeness (QED) is 0.327. The summed E-state index contributed by atoms with van der Waals surface area (Å²) in [5, 5.41) is 8.34. The summed E-state index contributed by atoms with van der Waals surface area (Å²) in [4.78, 5) is 11.3. The van der Waals surface area contributed by atoms with Gasteiger partial charge in [0.2, 0.25) is 0 Å². The SMILES string of the molecule is C=C(C)C(=O)OCC(CC)CCCCOCCC#N. The molecule has 1 atom stereocenters. The Labute approximate surface area is 116 Å². The fourth-order valence-electron chi connectivity index (χ4n) is 1.58. The summed E-state index contributed by atoms with van der Waals surface area (Å²) in [5.74, 6) is 0.0979. The number of nitriles is 1. The van der Waals surface area contributed by atoms with Crippen LogP contribution in [0.15, 0.2) is 12.2 Å². The highest BCUT2D eigenvalue weighted by Crippen LogP contribution is 2.13. The van der Waals surface area contributed by atoms with E-state index in [-0.39, 0.29) is 5.97 Å². The number of carbonyl (C=O) groups is 1.